The highest BCUT2D eigenvalue weighted by Crippen LogP contribution is 2.27. The summed E-state index contributed by atoms with van der Waals surface area (Å²) in [6, 6.07) is 8.63. The fourth-order valence-electron chi connectivity index (χ4n) is 4.18. The topological polar surface area (TPSA) is 46.2 Å². The van der Waals surface area contributed by atoms with E-state index in [1.54, 1.807) is 0 Å². The molecular formula is C24H38O5. The first kappa shape index (κ1) is 22.7. The molecule has 0 N–H and O–H groups in total. The summed E-state index contributed by atoms with van der Waals surface area (Å²) >= 11 is 0. The molecule has 164 valence electrons. The van der Waals surface area contributed by atoms with Crippen molar-refractivity contribution in [1.82, 2.24) is 0 Å². The predicted molar refractivity (Wildman–Crippen MR) is 113 cm³/mol. The summed E-state index contributed by atoms with van der Waals surface area (Å²) in [6.07, 6.45) is 4.20. The Labute approximate surface area is 176 Å². The molecule has 2 saturated heterocycles. The van der Waals surface area contributed by atoms with Crippen molar-refractivity contribution in [2.45, 2.75) is 90.0 Å². The first-order chi connectivity index (χ1) is 13.9. The lowest BCUT2D eigenvalue weighted by Gasteiger charge is -2.36. The van der Waals surface area contributed by atoms with E-state index in [0.717, 1.165) is 45.5 Å². The van der Waals surface area contributed by atoms with Crippen molar-refractivity contribution in [2.24, 2.45) is 0 Å². The van der Waals surface area contributed by atoms with Crippen LogP contribution in [0.15, 0.2) is 24.3 Å². The zero-order chi connectivity index (χ0) is 20.7. The van der Waals surface area contributed by atoms with Crippen LogP contribution in [0.3, 0.4) is 0 Å². The van der Waals surface area contributed by atoms with Crippen molar-refractivity contribution in [3.05, 3.63) is 35.4 Å². The Morgan fingerprint density at radius 3 is 2.55 bits per heavy atom. The van der Waals surface area contributed by atoms with Crippen molar-refractivity contribution < 1.29 is 23.7 Å². The maximum absolute atomic E-state index is 6.38. The van der Waals surface area contributed by atoms with E-state index in [-0.39, 0.29) is 30.0 Å². The van der Waals surface area contributed by atoms with Crippen LogP contribution in [-0.4, -0.2) is 56.4 Å². The standard InChI is InChI=1S/C24H38O5/c1-18(2)28-22-8-11-26-17-23(22)27-16-21-7-5-6-20(15-21)14-19(3)29-24(4)9-12-25-13-10-24/h5-7,15,18-19,22-23H,8-14,16-17H2,1-4H3. The highest BCUT2D eigenvalue weighted by molar-refractivity contribution is 5.23. The SMILES string of the molecule is CC(C)OC1CCOCC1OCc1cccc(CC(C)OC2(C)CCOCC2)c1. The molecule has 2 fully saturated rings. The predicted octanol–water partition coefficient (Wildman–Crippen LogP) is 4.30. The molecule has 1 aromatic carbocycles. The molecule has 2 aliphatic heterocycles. The van der Waals surface area contributed by atoms with Crippen molar-refractivity contribution in [2.75, 3.05) is 26.4 Å². The Morgan fingerprint density at radius 2 is 1.79 bits per heavy atom. The van der Waals surface area contributed by atoms with Crippen molar-refractivity contribution in [1.29, 1.82) is 0 Å². The molecule has 0 amide bonds. The lowest BCUT2D eigenvalue weighted by molar-refractivity contribution is -0.156. The number of hydrogen-bond donors (Lipinski definition) is 0. The molecule has 0 radical (unpaired) electrons. The van der Waals surface area contributed by atoms with Crippen LogP contribution in [0.2, 0.25) is 0 Å². The molecule has 0 bridgehead atoms. The number of ether oxygens (including phenoxy) is 5. The third-order valence-corrected chi connectivity index (χ3v) is 5.71. The third kappa shape index (κ3) is 7.34. The van der Waals surface area contributed by atoms with E-state index in [9.17, 15) is 0 Å². The maximum Gasteiger partial charge on any atom is 0.107 e. The third-order valence-electron chi connectivity index (χ3n) is 5.71. The number of hydrogen-bond acceptors (Lipinski definition) is 5. The molecular weight excluding hydrogens is 368 g/mol. The van der Waals surface area contributed by atoms with Gasteiger partial charge in [0.1, 0.15) is 6.10 Å². The van der Waals surface area contributed by atoms with Crippen LogP contribution in [0, 0.1) is 0 Å². The van der Waals surface area contributed by atoms with Crippen LogP contribution in [0.5, 0.6) is 0 Å². The molecule has 0 saturated carbocycles. The molecule has 0 spiro atoms. The fourth-order valence-corrected chi connectivity index (χ4v) is 4.18. The van der Waals surface area contributed by atoms with Crippen LogP contribution >= 0.6 is 0 Å². The molecule has 0 aromatic heterocycles. The van der Waals surface area contributed by atoms with Gasteiger partial charge in [0, 0.05) is 19.8 Å². The monoisotopic (exact) mass is 406 g/mol. The van der Waals surface area contributed by atoms with Crippen LogP contribution in [0.4, 0.5) is 0 Å². The van der Waals surface area contributed by atoms with Gasteiger partial charge in [0.2, 0.25) is 0 Å². The van der Waals surface area contributed by atoms with E-state index in [1.165, 1.54) is 11.1 Å². The van der Waals surface area contributed by atoms with Gasteiger partial charge in [-0.15, -0.1) is 0 Å². The molecule has 2 heterocycles. The van der Waals surface area contributed by atoms with Crippen LogP contribution in [0.1, 0.15) is 58.1 Å². The smallest absolute Gasteiger partial charge is 0.107 e. The molecule has 5 nitrogen and oxygen atoms in total. The van der Waals surface area contributed by atoms with Gasteiger partial charge in [-0.2, -0.15) is 0 Å². The summed E-state index contributed by atoms with van der Waals surface area (Å²) < 4.78 is 29.7. The molecule has 29 heavy (non-hydrogen) atoms. The van der Waals surface area contributed by atoms with Gasteiger partial charge in [0.15, 0.2) is 0 Å². The normalized spacial score (nSPS) is 25.8. The van der Waals surface area contributed by atoms with E-state index in [1.807, 2.05) is 0 Å². The minimum absolute atomic E-state index is 0.00877. The Kier molecular flexibility index (Phi) is 8.51. The van der Waals surface area contributed by atoms with Gasteiger partial charge >= 0.3 is 0 Å². The molecule has 3 atom stereocenters. The molecule has 2 aliphatic rings. The van der Waals surface area contributed by atoms with Crippen molar-refractivity contribution >= 4 is 0 Å². The van der Waals surface area contributed by atoms with Crippen LogP contribution in [-0.2, 0) is 36.7 Å². The fraction of sp³-hybridized carbons (Fsp3) is 0.750. The average Bonchev–Trinajstić information content (AvgIpc) is 2.67. The van der Waals surface area contributed by atoms with Gasteiger partial charge in [-0.05, 0) is 64.5 Å². The zero-order valence-electron chi connectivity index (χ0n) is 18.5. The second-order valence-corrected chi connectivity index (χ2v) is 8.95. The molecule has 5 heteroatoms. The number of benzene rings is 1. The minimum Gasteiger partial charge on any atom is -0.381 e. The van der Waals surface area contributed by atoms with E-state index in [2.05, 4.69) is 52.0 Å². The Morgan fingerprint density at radius 1 is 1.03 bits per heavy atom. The zero-order valence-corrected chi connectivity index (χ0v) is 18.5. The first-order valence-electron chi connectivity index (χ1n) is 11.1. The van der Waals surface area contributed by atoms with E-state index >= 15 is 0 Å². The highest BCUT2D eigenvalue weighted by Gasteiger charge is 2.30. The molecule has 1 aromatic rings. The van der Waals surface area contributed by atoms with Gasteiger partial charge in [-0.1, -0.05) is 24.3 Å². The Balaban J connectivity index is 1.51. The second kappa shape index (κ2) is 10.9. The first-order valence-corrected chi connectivity index (χ1v) is 11.1. The summed E-state index contributed by atoms with van der Waals surface area (Å²) in [7, 11) is 0. The minimum atomic E-state index is -0.0647. The van der Waals surface area contributed by atoms with Crippen LogP contribution < -0.4 is 0 Å². The van der Waals surface area contributed by atoms with Gasteiger partial charge in [-0.3, -0.25) is 0 Å². The quantitative estimate of drug-likeness (QED) is 0.612. The molecule has 3 rings (SSSR count). The Bertz CT molecular complexity index is 611. The lowest BCUT2D eigenvalue weighted by Crippen LogP contribution is -2.41. The summed E-state index contributed by atoms with van der Waals surface area (Å²) in [5, 5.41) is 0. The van der Waals surface area contributed by atoms with Gasteiger partial charge in [0.25, 0.3) is 0 Å². The van der Waals surface area contributed by atoms with Gasteiger partial charge in [0.05, 0.1) is 37.1 Å². The molecule has 3 unspecified atom stereocenters. The second-order valence-electron chi connectivity index (χ2n) is 8.95. The Hall–Kier alpha value is -0.980. The van der Waals surface area contributed by atoms with Crippen molar-refractivity contribution in [3.63, 3.8) is 0 Å². The van der Waals surface area contributed by atoms with E-state index in [4.69, 9.17) is 23.7 Å². The average molecular weight is 407 g/mol. The van der Waals surface area contributed by atoms with Crippen molar-refractivity contribution in [3.8, 4) is 0 Å². The number of rotatable bonds is 9. The summed E-state index contributed by atoms with van der Waals surface area (Å²) in [5.41, 5.74) is 2.40. The highest BCUT2D eigenvalue weighted by atomic mass is 16.6. The van der Waals surface area contributed by atoms with Crippen LogP contribution in [0.25, 0.3) is 0 Å². The van der Waals surface area contributed by atoms with Gasteiger partial charge in [-0.25, -0.2) is 0 Å². The summed E-state index contributed by atoms with van der Waals surface area (Å²) in [5.74, 6) is 0. The maximum atomic E-state index is 6.38. The molecule has 0 aliphatic carbocycles. The summed E-state index contributed by atoms with van der Waals surface area (Å²) in [4.78, 5) is 0. The lowest BCUT2D eigenvalue weighted by atomic mass is 9.96. The van der Waals surface area contributed by atoms with Gasteiger partial charge < -0.3 is 23.7 Å². The largest absolute Gasteiger partial charge is 0.381 e. The van der Waals surface area contributed by atoms with E-state index in [0.29, 0.717) is 13.2 Å². The van der Waals surface area contributed by atoms with E-state index < -0.39 is 0 Å². The summed E-state index contributed by atoms with van der Waals surface area (Å²) in [6.45, 7) is 12.0.